The zero-order valence-corrected chi connectivity index (χ0v) is 11.8. The molecule has 110 valence electrons. The molecular weight excluding hydrogens is 258 g/mol. The van der Waals surface area contributed by atoms with Gasteiger partial charge in [-0.1, -0.05) is 0 Å². The van der Waals surface area contributed by atoms with Crippen molar-refractivity contribution in [2.24, 2.45) is 0 Å². The van der Waals surface area contributed by atoms with Crippen molar-refractivity contribution in [3.63, 3.8) is 0 Å². The standard InChI is InChI=1S/C15H21NO4/c1-19-8-2-9-20-10-7-16-6-5-12-11-13(15(17)18)3-4-14(12)16/h3-4,11H,2,5-10H2,1H3,(H,17,18). The number of fused-ring (bicyclic) bond motifs is 1. The molecule has 1 aromatic carbocycles. The molecule has 1 aromatic rings. The van der Waals surface area contributed by atoms with Gasteiger partial charge in [-0.3, -0.25) is 0 Å². The van der Waals surface area contributed by atoms with Crippen LogP contribution in [0.2, 0.25) is 0 Å². The van der Waals surface area contributed by atoms with Crippen LogP contribution in [0.1, 0.15) is 22.3 Å². The third-order valence-corrected chi connectivity index (χ3v) is 3.46. The number of carboxylic acids is 1. The Bertz CT molecular complexity index is 461. The molecule has 20 heavy (non-hydrogen) atoms. The number of aromatic carboxylic acids is 1. The average molecular weight is 279 g/mol. The van der Waals surface area contributed by atoms with Gasteiger partial charge in [-0.15, -0.1) is 0 Å². The first kappa shape index (κ1) is 14.8. The summed E-state index contributed by atoms with van der Waals surface area (Å²) in [4.78, 5) is 13.2. The maximum absolute atomic E-state index is 10.9. The maximum atomic E-state index is 10.9. The molecule has 1 aliphatic heterocycles. The van der Waals surface area contributed by atoms with Crippen molar-refractivity contribution >= 4 is 11.7 Å². The second kappa shape index (κ2) is 7.26. The van der Waals surface area contributed by atoms with E-state index < -0.39 is 5.97 Å². The second-order valence-corrected chi connectivity index (χ2v) is 4.84. The summed E-state index contributed by atoms with van der Waals surface area (Å²) in [6, 6.07) is 5.34. The Morgan fingerprint density at radius 3 is 2.95 bits per heavy atom. The van der Waals surface area contributed by atoms with E-state index in [1.54, 1.807) is 19.2 Å². The Hall–Kier alpha value is -1.59. The van der Waals surface area contributed by atoms with E-state index >= 15 is 0 Å². The van der Waals surface area contributed by atoms with E-state index in [1.807, 2.05) is 6.07 Å². The summed E-state index contributed by atoms with van der Waals surface area (Å²) in [5.41, 5.74) is 2.61. The maximum Gasteiger partial charge on any atom is 0.335 e. The van der Waals surface area contributed by atoms with E-state index in [-0.39, 0.29) is 0 Å². The molecule has 1 aliphatic rings. The number of carbonyl (C=O) groups is 1. The van der Waals surface area contributed by atoms with Crippen LogP contribution in [0.4, 0.5) is 5.69 Å². The number of ether oxygens (including phenoxy) is 2. The average Bonchev–Trinajstić information content (AvgIpc) is 2.85. The predicted molar refractivity (Wildman–Crippen MR) is 76.6 cm³/mol. The first-order valence-corrected chi connectivity index (χ1v) is 6.90. The first-order valence-electron chi connectivity index (χ1n) is 6.90. The number of methoxy groups -OCH3 is 1. The van der Waals surface area contributed by atoms with Crippen molar-refractivity contribution in [1.82, 2.24) is 0 Å². The molecule has 0 atom stereocenters. The van der Waals surface area contributed by atoms with Crippen molar-refractivity contribution in [2.75, 3.05) is 44.9 Å². The Kier molecular flexibility index (Phi) is 5.38. The molecule has 0 fully saturated rings. The largest absolute Gasteiger partial charge is 0.478 e. The monoisotopic (exact) mass is 279 g/mol. The van der Waals surface area contributed by atoms with Crippen LogP contribution in [0.5, 0.6) is 0 Å². The summed E-state index contributed by atoms with van der Waals surface area (Å²) >= 11 is 0. The Labute approximate surface area is 119 Å². The molecule has 5 nitrogen and oxygen atoms in total. The van der Waals surface area contributed by atoms with Gasteiger partial charge in [0.05, 0.1) is 12.2 Å². The minimum absolute atomic E-state index is 0.362. The van der Waals surface area contributed by atoms with Gasteiger partial charge in [0.25, 0.3) is 0 Å². The lowest BCUT2D eigenvalue weighted by molar-refractivity contribution is 0.0697. The Balaban J connectivity index is 1.81. The van der Waals surface area contributed by atoms with E-state index in [0.717, 1.165) is 43.8 Å². The lowest BCUT2D eigenvalue weighted by Gasteiger charge is -2.19. The topological polar surface area (TPSA) is 59.0 Å². The number of carboxylic acid groups (broad SMARTS) is 1. The van der Waals surface area contributed by atoms with Crippen molar-refractivity contribution in [3.05, 3.63) is 29.3 Å². The number of anilines is 1. The zero-order valence-electron chi connectivity index (χ0n) is 11.8. The SMILES string of the molecule is COCCCOCCN1CCc2cc(C(=O)O)ccc21. The molecule has 0 radical (unpaired) electrons. The molecule has 0 bridgehead atoms. The Morgan fingerprint density at radius 1 is 1.35 bits per heavy atom. The highest BCUT2D eigenvalue weighted by atomic mass is 16.5. The number of nitrogens with zero attached hydrogens (tertiary/aromatic N) is 1. The highest BCUT2D eigenvalue weighted by Crippen LogP contribution is 2.28. The van der Waals surface area contributed by atoms with Gasteiger partial charge in [-0.05, 0) is 36.6 Å². The van der Waals surface area contributed by atoms with Crippen LogP contribution in [0.3, 0.4) is 0 Å². The summed E-state index contributed by atoms with van der Waals surface area (Å²) < 4.78 is 10.5. The van der Waals surface area contributed by atoms with E-state index in [1.165, 1.54) is 0 Å². The van der Waals surface area contributed by atoms with Crippen molar-refractivity contribution in [3.8, 4) is 0 Å². The van der Waals surface area contributed by atoms with Gasteiger partial charge in [0.2, 0.25) is 0 Å². The van der Waals surface area contributed by atoms with Gasteiger partial charge in [0, 0.05) is 39.1 Å². The number of benzene rings is 1. The Morgan fingerprint density at radius 2 is 2.20 bits per heavy atom. The molecule has 0 saturated carbocycles. The molecule has 0 amide bonds. The van der Waals surface area contributed by atoms with Crippen molar-refractivity contribution in [1.29, 1.82) is 0 Å². The quantitative estimate of drug-likeness (QED) is 0.735. The molecule has 2 rings (SSSR count). The summed E-state index contributed by atoms with van der Waals surface area (Å²) in [5.74, 6) is -0.868. The van der Waals surface area contributed by atoms with Crippen LogP contribution in [-0.4, -0.2) is 51.1 Å². The van der Waals surface area contributed by atoms with Crippen LogP contribution >= 0.6 is 0 Å². The van der Waals surface area contributed by atoms with E-state index in [0.29, 0.717) is 18.8 Å². The highest BCUT2D eigenvalue weighted by molar-refractivity contribution is 5.88. The number of rotatable bonds is 8. The molecule has 1 N–H and O–H groups in total. The molecule has 0 saturated heterocycles. The minimum Gasteiger partial charge on any atom is -0.478 e. The van der Waals surface area contributed by atoms with Gasteiger partial charge < -0.3 is 19.5 Å². The summed E-state index contributed by atoms with van der Waals surface area (Å²) in [6.07, 6.45) is 1.81. The molecular formula is C15H21NO4. The molecule has 5 heteroatoms. The van der Waals surface area contributed by atoms with Gasteiger partial charge in [-0.2, -0.15) is 0 Å². The van der Waals surface area contributed by atoms with Crippen LogP contribution in [0, 0.1) is 0 Å². The zero-order chi connectivity index (χ0) is 14.4. The lowest BCUT2D eigenvalue weighted by Crippen LogP contribution is -2.25. The summed E-state index contributed by atoms with van der Waals surface area (Å²) in [6.45, 7) is 3.90. The highest BCUT2D eigenvalue weighted by Gasteiger charge is 2.19. The fraction of sp³-hybridized carbons (Fsp3) is 0.533. The molecule has 0 aliphatic carbocycles. The van der Waals surface area contributed by atoms with Crippen molar-refractivity contribution in [2.45, 2.75) is 12.8 Å². The van der Waals surface area contributed by atoms with Crippen LogP contribution in [-0.2, 0) is 15.9 Å². The van der Waals surface area contributed by atoms with Crippen LogP contribution in [0.15, 0.2) is 18.2 Å². The fourth-order valence-electron chi connectivity index (χ4n) is 2.42. The second-order valence-electron chi connectivity index (χ2n) is 4.84. The van der Waals surface area contributed by atoms with Crippen LogP contribution < -0.4 is 4.90 Å². The van der Waals surface area contributed by atoms with Crippen molar-refractivity contribution < 1.29 is 19.4 Å². The predicted octanol–water partition coefficient (Wildman–Crippen LogP) is 1.80. The number of hydrogen-bond donors (Lipinski definition) is 1. The number of hydrogen-bond acceptors (Lipinski definition) is 4. The molecule has 0 spiro atoms. The lowest BCUT2D eigenvalue weighted by atomic mass is 10.1. The minimum atomic E-state index is -0.868. The van der Waals surface area contributed by atoms with Gasteiger partial charge in [0.15, 0.2) is 0 Å². The van der Waals surface area contributed by atoms with Gasteiger partial charge in [-0.25, -0.2) is 4.79 Å². The van der Waals surface area contributed by atoms with Gasteiger partial charge >= 0.3 is 5.97 Å². The fourth-order valence-corrected chi connectivity index (χ4v) is 2.42. The van der Waals surface area contributed by atoms with E-state index in [2.05, 4.69) is 4.90 Å². The molecule has 0 aromatic heterocycles. The molecule has 1 heterocycles. The van der Waals surface area contributed by atoms with Gasteiger partial charge in [0.1, 0.15) is 0 Å². The van der Waals surface area contributed by atoms with E-state index in [4.69, 9.17) is 14.6 Å². The summed E-state index contributed by atoms with van der Waals surface area (Å²) in [5, 5.41) is 8.98. The smallest absolute Gasteiger partial charge is 0.335 e. The van der Waals surface area contributed by atoms with E-state index in [9.17, 15) is 4.79 Å². The van der Waals surface area contributed by atoms with Crippen LogP contribution in [0.25, 0.3) is 0 Å². The summed E-state index contributed by atoms with van der Waals surface area (Å²) in [7, 11) is 1.69. The first-order chi connectivity index (χ1) is 9.72. The third-order valence-electron chi connectivity index (χ3n) is 3.46. The third kappa shape index (κ3) is 3.71. The molecule has 0 unspecified atom stereocenters. The normalized spacial score (nSPS) is 13.6.